The van der Waals surface area contributed by atoms with E-state index in [0.29, 0.717) is 22.3 Å². The molecule has 0 saturated carbocycles. The van der Waals surface area contributed by atoms with Crippen LogP contribution in [0.3, 0.4) is 0 Å². The molecule has 2 rings (SSSR count). The van der Waals surface area contributed by atoms with Crippen LogP contribution in [0.4, 0.5) is 0 Å². The summed E-state index contributed by atoms with van der Waals surface area (Å²) in [5, 5.41) is 18.1. The molecule has 0 aliphatic carbocycles. The molecule has 6 nitrogen and oxygen atoms in total. The van der Waals surface area contributed by atoms with Crippen molar-refractivity contribution in [3.05, 3.63) is 40.6 Å². The van der Waals surface area contributed by atoms with Crippen LogP contribution in [0.2, 0.25) is 0 Å². The molecule has 0 aliphatic rings. The molecule has 1 heterocycles. The van der Waals surface area contributed by atoms with Crippen molar-refractivity contribution >= 4 is 23.8 Å². The van der Waals surface area contributed by atoms with Crippen LogP contribution in [0.1, 0.15) is 11.4 Å². The maximum atomic E-state index is 11.2. The Morgan fingerprint density at radius 3 is 2.80 bits per heavy atom. The smallest absolute Gasteiger partial charge is 0.213 e. The van der Waals surface area contributed by atoms with E-state index in [4.69, 9.17) is 4.74 Å². The number of carboxylic acids is 1. The minimum Gasteiger partial charge on any atom is -0.544 e. The minimum atomic E-state index is -1.29. The lowest BCUT2D eigenvalue weighted by Crippen LogP contribution is -2.23. The number of aryl methyl sites for hydroxylation is 1. The van der Waals surface area contributed by atoms with Crippen LogP contribution in [0, 0.1) is 6.92 Å². The molecule has 0 aliphatic heterocycles. The Hall–Kier alpha value is -2.28. The number of carboxylic acid groups (broad SMARTS) is 1. The van der Waals surface area contributed by atoms with Crippen LogP contribution in [-0.2, 0) is 4.79 Å². The molecular weight excluding hydrogens is 278 g/mol. The number of carbonyl (C=O) groups excluding carboxylic acids is 1. The number of hydrogen-bond donors (Lipinski definition) is 1. The fourth-order valence-corrected chi connectivity index (χ4v) is 2.26. The first-order valence-electron chi connectivity index (χ1n) is 5.73. The van der Waals surface area contributed by atoms with Gasteiger partial charge in [-0.05, 0) is 30.8 Å². The molecule has 0 saturated heterocycles. The number of aromatic nitrogens is 3. The number of rotatable bonds is 5. The average Bonchev–Trinajstić information content (AvgIpc) is 2.84. The Kier molecular flexibility index (Phi) is 4.41. The topological polar surface area (TPSA) is 90.9 Å². The van der Waals surface area contributed by atoms with Crippen molar-refractivity contribution in [1.29, 1.82) is 0 Å². The van der Waals surface area contributed by atoms with Crippen molar-refractivity contribution in [2.45, 2.75) is 12.1 Å². The standard InChI is InChI=1S/C13H13N3O3S/c1-8-14-13(16-15-8)20-11(12(17)18)7-9-5-3-4-6-10(9)19-2/h3-7H,1-2H3,(H,17,18)(H,14,15,16)/p-1/b11-7+. The summed E-state index contributed by atoms with van der Waals surface area (Å²) < 4.78 is 5.18. The summed E-state index contributed by atoms with van der Waals surface area (Å²) in [7, 11) is 1.52. The second-order valence-electron chi connectivity index (χ2n) is 3.84. The van der Waals surface area contributed by atoms with Crippen LogP contribution >= 0.6 is 11.8 Å². The third-order valence-corrected chi connectivity index (χ3v) is 3.27. The number of H-pyrrole nitrogens is 1. The first kappa shape index (κ1) is 14.1. The van der Waals surface area contributed by atoms with Gasteiger partial charge in [-0.1, -0.05) is 18.2 Å². The summed E-state index contributed by atoms with van der Waals surface area (Å²) >= 11 is 0.922. The molecule has 20 heavy (non-hydrogen) atoms. The van der Waals surface area contributed by atoms with Crippen LogP contribution in [0.25, 0.3) is 6.08 Å². The molecule has 1 aromatic heterocycles. The Labute approximate surface area is 119 Å². The molecule has 2 aromatic rings. The van der Waals surface area contributed by atoms with Gasteiger partial charge in [-0.15, -0.1) is 5.10 Å². The normalized spacial score (nSPS) is 11.4. The predicted molar refractivity (Wildman–Crippen MR) is 73.0 cm³/mol. The largest absolute Gasteiger partial charge is 0.544 e. The van der Waals surface area contributed by atoms with Crippen molar-refractivity contribution in [2.24, 2.45) is 0 Å². The zero-order valence-corrected chi connectivity index (χ0v) is 11.7. The third kappa shape index (κ3) is 3.39. The van der Waals surface area contributed by atoms with Gasteiger partial charge in [0.1, 0.15) is 11.6 Å². The third-order valence-electron chi connectivity index (χ3n) is 2.40. The molecule has 7 heteroatoms. The highest BCUT2D eigenvalue weighted by Crippen LogP contribution is 2.28. The molecule has 0 fully saturated rings. The van der Waals surface area contributed by atoms with Crippen LogP contribution in [0.15, 0.2) is 34.3 Å². The average molecular weight is 290 g/mol. The zero-order chi connectivity index (χ0) is 14.5. The number of aliphatic carboxylic acids is 1. The number of methoxy groups -OCH3 is 1. The molecular formula is C13H12N3O3S-. The Bertz CT molecular complexity index is 652. The predicted octanol–water partition coefficient (Wildman–Crippen LogP) is 1.00. The van der Waals surface area contributed by atoms with Crippen LogP contribution in [0.5, 0.6) is 5.75 Å². The first-order chi connectivity index (χ1) is 9.60. The highest BCUT2D eigenvalue weighted by molar-refractivity contribution is 8.04. The van der Waals surface area contributed by atoms with Gasteiger partial charge in [-0.25, -0.2) is 4.98 Å². The van der Waals surface area contributed by atoms with Gasteiger partial charge in [0.05, 0.1) is 13.1 Å². The molecule has 0 amide bonds. The first-order valence-corrected chi connectivity index (χ1v) is 6.54. The second-order valence-corrected chi connectivity index (χ2v) is 4.85. The minimum absolute atomic E-state index is 0.00787. The van der Waals surface area contributed by atoms with Gasteiger partial charge in [-0.3, -0.25) is 5.10 Å². The maximum absolute atomic E-state index is 11.2. The lowest BCUT2D eigenvalue weighted by Gasteiger charge is -2.08. The van der Waals surface area contributed by atoms with E-state index in [0.717, 1.165) is 11.8 Å². The highest BCUT2D eigenvalue weighted by atomic mass is 32.2. The van der Waals surface area contributed by atoms with Crippen LogP contribution < -0.4 is 9.84 Å². The van der Waals surface area contributed by atoms with E-state index < -0.39 is 5.97 Å². The SMILES string of the molecule is COc1ccccc1/C=C(/Sc1n[nH]c(C)n1)C(=O)[O-]. The monoisotopic (exact) mass is 290 g/mol. The molecule has 1 N–H and O–H groups in total. The fourth-order valence-electron chi connectivity index (χ4n) is 1.52. The van der Waals surface area contributed by atoms with Crippen molar-refractivity contribution in [3.8, 4) is 5.75 Å². The Morgan fingerprint density at radius 1 is 1.45 bits per heavy atom. The van der Waals surface area contributed by atoms with Gasteiger partial charge >= 0.3 is 0 Å². The van der Waals surface area contributed by atoms with E-state index in [1.165, 1.54) is 13.2 Å². The van der Waals surface area contributed by atoms with Gasteiger partial charge < -0.3 is 14.6 Å². The molecule has 0 bridgehead atoms. The molecule has 0 unspecified atom stereocenters. The van der Waals surface area contributed by atoms with Crippen molar-refractivity contribution in [3.63, 3.8) is 0 Å². The quantitative estimate of drug-likeness (QED) is 0.652. The summed E-state index contributed by atoms with van der Waals surface area (Å²) in [4.78, 5) is 15.3. The van der Waals surface area contributed by atoms with E-state index in [2.05, 4.69) is 15.2 Å². The summed E-state index contributed by atoms with van der Waals surface area (Å²) in [6, 6.07) is 7.11. The summed E-state index contributed by atoms with van der Waals surface area (Å²) in [5.74, 6) is -0.0936. The second kappa shape index (κ2) is 6.25. The lowest BCUT2D eigenvalue weighted by molar-refractivity contribution is -0.297. The van der Waals surface area contributed by atoms with E-state index in [9.17, 15) is 9.90 Å². The lowest BCUT2D eigenvalue weighted by atomic mass is 10.2. The maximum Gasteiger partial charge on any atom is 0.213 e. The van der Waals surface area contributed by atoms with Crippen molar-refractivity contribution in [2.75, 3.05) is 7.11 Å². The molecule has 0 atom stereocenters. The fraction of sp³-hybridized carbons (Fsp3) is 0.154. The number of ether oxygens (including phenoxy) is 1. The van der Waals surface area contributed by atoms with Gasteiger partial charge in [0.15, 0.2) is 0 Å². The molecule has 104 valence electrons. The van der Waals surface area contributed by atoms with E-state index in [-0.39, 0.29) is 4.91 Å². The van der Waals surface area contributed by atoms with Gasteiger partial charge in [0.2, 0.25) is 5.16 Å². The van der Waals surface area contributed by atoms with E-state index >= 15 is 0 Å². The number of nitrogens with one attached hydrogen (secondary N) is 1. The van der Waals surface area contributed by atoms with Gasteiger partial charge in [-0.2, -0.15) is 0 Å². The van der Waals surface area contributed by atoms with E-state index in [1.54, 1.807) is 31.2 Å². The number of para-hydroxylation sites is 1. The summed E-state index contributed by atoms with van der Waals surface area (Å²) in [6.45, 7) is 1.74. The summed E-state index contributed by atoms with van der Waals surface area (Å²) in [6.07, 6.45) is 1.48. The number of nitrogens with zero attached hydrogens (tertiary/aromatic N) is 2. The van der Waals surface area contributed by atoms with Gasteiger partial charge in [0.25, 0.3) is 0 Å². The Morgan fingerprint density at radius 2 is 2.20 bits per heavy atom. The van der Waals surface area contributed by atoms with Crippen molar-refractivity contribution < 1.29 is 14.6 Å². The van der Waals surface area contributed by atoms with E-state index in [1.807, 2.05) is 0 Å². The number of hydrogen-bond acceptors (Lipinski definition) is 6. The van der Waals surface area contributed by atoms with Gasteiger partial charge in [0, 0.05) is 10.5 Å². The highest BCUT2D eigenvalue weighted by Gasteiger charge is 2.08. The van der Waals surface area contributed by atoms with Crippen molar-refractivity contribution in [1.82, 2.24) is 15.2 Å². The molecule has 1 aromatic carbocycles. The summed E-state index contributed by atoms with van der Waals surface area (Å²) in [5.41, 5.74) is 0.647. The molecule has 0 radical (unpaired) electrons. The zero-order valence-electron chi connectivity index (χ0n) is 10.9. The number of thioether (sulfide) groups is 1. The Balaban J connectivity index is 2.32. The number of aromatic amines is 1. The van der Waals surface area contributed by atoms with Crippen LogP contribution in [-0.4, -0.2) is 28.3 Å². The molecule has 0 spiro atoms. The number of carbonyl (C=O) groups is 1. The number of benzene rings is 1.